The van der Waals surface area contributed by atoms with E-state index in [9.17, 15) is 13.2 Å². The Labute approximate surface area is 174 Å². The highest BCUT2D eigenvalue weighted by Gasteiger charge is 2.30. The molecule has 0 spiro atoms. The first-order valence-corrected chi connectivity index (χ1v) is 11.0. The molecule has 0 radical (unpaired) electrons. The van der Waals surface area contributed by atoms with Gasteiger partial charge >= 0.3 is 5.97 Å². The molecule has 30 heavy (non-hydrogen) atoms. The molecule has 2 aromatic carbocycles. The van der Waals surface area contributed by atoms with E-state index in [1.807, 2.05) is 18.2 Å². The third kappa shape index (κ3) is 3.46. The van der Waals surface area contributed by atoms with Gasteiger partial charge in [-0.2, -0.15) is 5.10 Å². The van der Waals surface area contributed by atoms with Crippen molar-refractivity contribution in [2.24, 2.45) is 5.14 Å². The first-order chi connectivity index (χ1) is 14.3. The summed E-state index contributed by atoms with van der Waals surface area (Å²) < 4.78 is 35.4. The molecule has 0 saturated carbocycles. The summed E-state index contributed by atoms with van der Waals surface area (Å²) >= 11 is 0. The van der Waals surface area contributed by atoms with Gasteiger partial charge in [0.15, 0.2) is 5.69 Å². The maximum atomic E-state index is 12.5. The molecule has 4 rings (SSSR count). The Kier molecular flexibility index (Phi) is 5.08. The molecule has 156 valence electrons. The van der Waals surface area contributed by atoms with Gasteiger partial charge < -0.3 is 9.47 Å². The van der Waals surface area contributed by atoms with Gasteiger partial charge in [0.05, 0.1) is 30.0 Å². The fourth-order valence-electron chi connectivity index (χ4n) is 3.69. The molecule has 0 fully saturated rings. The number of ether oxygens (including phenoxy) is 2. The zero-order valence-corrected chi connectivity index (χ0v) is 17.4. The summed E-state index contributed by atoms with van der Waals surface area (Å²) in [5.41, 5.74) is 4.49. The molecule has 0 aliphatic heterocycles. The van der Waals surface area contributed by atoms with Crippen LogP contribution in [0.25, 0.3) is 16.9 Å². The number of nitrogens with two attached hydrogens (primary N) is 1. The van der Waals surface area contributed by atoms with Gasteiger partial charge in [-0.1, -0.05) is 0 Å². The molecule has 9 heteroatoms. The number of aromatic nitrogens is 2. The lowest BCUT2D eigenvalue weighted by molar-refractivity contribution is 0.0517. The summed E-state index contributed by atoms with van der Waals surface area (Å²) in [6, 6.07) is 11.8. The van der Waals surface area contributed by atoms with Crippen molar-refractivity contribution in [2.45, 2.75) is 24.7 Å². The number of benzene rings is 2. The van der Waals surface area contributed by atoms with Crippen molar-refractivity contribution in [3.63, 3.8) is 0 Å². The highest BCUT2D eigenvalue weighted by atomic mass is 32.2. The summed E-state index contributed by atoms with van der Waals surface area (Å²) in [6.45, 7) is 1.99. The Balaban J connectivity index is 1.92. The number of carbonyl (C=O) groups excluding carboxylic acids is 1. The molecule has 0 atom stereocenters. The second-order valence-corrected chi connectivity index (χ2v) is 8.43. The Morgan fingerprint density at radius 2 is 1.90 bits per heavy atom. The van der Waals surface area contributed by atoms with Crippen LogP contribution in [0.3, 0.4) is 0 Å². The predicted octanol–water partition coefficient (Wildman–Crippen LogP) is 2.47. The molecule has 0 bridgehead atoms. The third-order valence-electron chi connectivity index (χ3n) is 5.07. The number of carbonyl (C=O) groups is 1. The van der Waals surface area contributed by atoms with Crippen molar-refractivity contribution in [3.8, 4) is 22.7 Å². The third-order valence-corrected chi connectivity index (χ3v) is 6.00. The van der Waals surface area contributed by atoms with Crippen LogP contribution in [0.15, 0.2) is 47.4 Å². The number of aryl methyl sites for hydroxylation is 1. The molecular formula is C21H21N3O5S. The van der Waals surface area contributed by atoms with E-state index in [1.165, 1.54) is 12.1 Å². The number of fused-ring (bicyclic) bond motifs is 3. The number of rotatable bonds is 5. The summed E-state index contributed by atoms with van der Waals surface area (Å²) in [5.74, 6) is 0.275. The molecule has 1 aliphatic carbocycles. The minimum absolute atomic E-state index is 0.00280. The number of sulfonamides is 1. The minimum Gasteiger partial charge on any atom is -0.497 e. The molecule has 1 aliphatic rings. The van der Waals surface area contributed by atoms with E-state index in [1.54, 1.807) is 30.8 Å². The second-order valence-electron chi connectivity index (χ2n) is 6.87. The van der Waals surface area contributed by atoms with E-state index in [-0.39, 0.29) is 17.2 Å². The lowest BCUT2D eigenvalue weighted by Gasteiger charge is -2.19. The van der Waals surface area contributed by atoms with Gasteiger partial charge in [0.2, 0.25) is 10.0 Å². The molecule has 0 saturated heterocycles. The molecule has 8 nitrogen and oxygen atoms in total. The van der Waals surface area contributed by atoms with Gasteiger partial charge in [0, 0.05) is 11.1 Å². The quantitative estimate of drug-likeness (QED) is 0.626. The molecule has 2 N–H and O–H groups in total. The van der Waals surface area contributed by atoms with Crippen LogP contribution in [0.4, 0.5) is 0 Å². The van der Waals surface area contributed by atoms with Crippen LogP contribution >= 0.6 is 0 Å². The summed E-state index contributed by atoms with van der Waals surface area (Å²) in [4.78, 5) is 12.5. The van der Waals surface area contributed by atoms with E-state index in [2.05, 4.69) is 5.10 Å². The molecule has 0 unspecified atom stereocenters. The number of hydrogen-bond donors (Lipinski definition) is 1. The Morgan fingerprint density at radius 1 is 1.17 bits per heavy atom. The lowest BCUT2D eigenvalue weighted by Crippen LogP contribution is -2.12. The monoisotopic (exact) mass is 427 g/mol. The summed E-state index contributed by atoms with van der Waals surface area (Å²) in [7, 11) is -2.19. The van der Waals surface area contributed by atoms with Gasteiger partial charge in [-0.3, -0.25) is 0 Å². The Morgan fingerprint density at radius 3 is 2.53 bits per heavy atom. The van der Waals surface area contributed by atoms with Crippen molar-refractivity contribution in [3.05, 3.63) is 59.3 Å². The average molecular weight is 427 g/mol. The lowest BCUT2D eigenvalue weighted by atomic mass is 9.88. The maximum absolute atomic E-state index is 12.5. The van der Waals surface area contributed by atoms with E-state index in [0.717, 1.165) is 34.6 Å². The van der Waals surface area contributed by atoms with Crippen LogP contribution in [0.5, 0.6) is 5.75 Å². The van der Waals surface area contributed by atoms with Crippen molar-refractivity contribution >= 4 is 16.0 Å². The number of hydrogen-bond acceptors (Lipinski definition) is 6. The molecule has 3 aromatic rings. The molecular weight excluding hydrogens is 406 g/mol. The first kappa shape index (κ1) is 20.1. The topological polar surface area (TPSA) is 114 Å². The van der Waals surface area contributed by atoms with Gasteiger partial charge in [0.1, 0.15) is 5.75 Å². The van der Waals surface area contributed by atoms with Gasteiger partial charge in [-0.15, -0.1) is 0 Å². The zero-order chi connectivity index (χ0) is 21.5. The fraction of sp³-hybridized carbons (Fsp3) is 0.238. The number of primary sulfonamides is 1. The fourth-order valence-corrected chi connectivity index (χ4v) is 4.20. The van der Waals surface area contributed by atoms with Gasteiger partial charge in [-0.05, 0) is 67.8 Å². The van der Waals surface area contributed by atoms with Crippen LogP contribution in [0.2, 0.25) is 0 Å². The number of esters is 1. The van der Waals surface area contributed by atoms with Gasteiger partial charge in [0.25, 0.3) is 0 Å². The van der Waals surface area contributed by atoms with Crippen LogP contribution in [-0.2, 0) is 27.6 Å². The molecule has 1 aromatic heterocycles. The van der Waals surface area contributed by atoms with Crippen LogP contribution < -0.4 is 9.88 Å². The van der Waals surface area contributed by atoms with E-state index in [4.69, 9.17) is 14.6 Å². The molecule has 1 heterocycles. The summed E-state index contributed by atoms with van der Waals surface area (Å²) in [6.07, 6.45) is 1.36. The maximum Gasteiger partial charge on any atom is 0.359 e. The SMILES string of the molecule is CCOC(=O)c1nn(-c2ccc(S(N)(=O)=O)cc2)c2c1CCc1cc(OC)ccc1-2. The normalized spacial score (nSPS) is 12.8. The van der Waals surface area contributed by atoms with Crippen LogP contribution in [0, 0.1) is 0 Å². The Bertz CT molecular complexity index is 1230. The van der Waals surface area contributed by atoms with Crippen molar-refractivity contribution in [1.82, 2.24) is 9.78 Å². The van der Waals surface area contributed by atoms with E-state index < -0.39 is 16.0 Å². The largest absolute Gasteiger partial charge is 0.497 e. The zero-order valence-electron chi connectivity index (χ0n) is 16.6. The highest BCUT2D eigenvalue weighted by molar-refractivity contribution is 7.89. The van der Waals surface area contributed by atoms with Gasteiger partial charge in [-0.25, -0.2) is 23.0 Å². The van der Waals surface area contributed by atoms with Crippen molar-refractivity contribution in [2.75, 3.05) is 13.7 Å². The van der Waals surface area contributed by atoms with E-state index >= 15 is 0 Å². The summed E-state index contributed by atoms with van der Waals surface area (Å²) in [5, 5.41) is 9.74. The standard InChI is InChI=1S/C21H21N3O5S/c1-3-29-21(25)19-18-10-4-13-12-15(28-2)7-11-17(13)20(18)24(23-19)14-5-8-16(9-6-14)30(22,26)27/h5-9,11-12H,3-4,10H2,1-2H3,(H2,22,26,27). The Hall–Kier alpha value is -3.17. The van der Waals surface area contributed by atoms with Crippen molar-refractivity contribution in [1.29, 1.82) is 0 Å². The van der Waals surface area contributed by atoms with E-state index in [0.29, 0.717) is 12.1 Å². The first-order valence-electron chi connectivity index (χ1n) is 9.43. The second kappa shape index (κ2) is 7.58. The predicted molar refractivity (Wildman–Crippen MR) is 110 cm³/mol. The highest BCUT2D eigenvalue weighted by Crippen LogP contribution is 2.38. The van der Waals surface area contributed by atoms with Crippen LogP contribution in [0.1, 0.15) is 28.5 Å². The van der Waals surface area contributed by atoms with Crippen molar-refractivity contribution < 1.29 is 22.7 Å². The van der Waals surface area contributed by atoms with Crippen LogP contribution in [-0.4, -0.2) is 37.9 Å². The molecule has 0 amide bonds. The number of methoxy groups -OCH3 is 1. The minimum atomic E-state index is -3.81. The number of nitrogens with zero attached hydrogens (tertiary/aromatic N) is 2. The smallest absolute Gasteiger partial charge is 0.359 e. The average Bonchev–Trinajstić information content (AvgIpc) is 3.13.